The molecule has 1 aliphatic heterocycles. The van der Waals surface area contributed by atoms with Gasteiger partial charge in [-0.3, -0.25) is 9.36 Å². The molecule has 0 spiro atoms. The van der Waals surface area contributed by atoms with Crippen molar-refractivity contribution in [1.29, 1.82) is 0 Å². The predicted octanol–water partition coefficient (Wildman–Crippen LogP) is -0.658. The van der Waals surface area contributed by atoms with Crippen LogP contribution in [0.2, 0.25) is 0 Å². The fourth-order valence-electron chi connectivity index (χ4n) is 2.82. The van der Waals surface area contributed by atoms with Crippen molar-refractivity contribution < 1.29 is 43.2 Å². The fraction of sp³-hybridized carbons (Fsp3) is 0.667. The zero-order chi connectivity index (χ0) is 24.4. The molecular formula is C18H26F2N4O8. The first-order chi connectivity index (χ1) is 14.7. The number of alkyl carbamates (subject to hydrolysis) is 1. The Kier molecular flexibility index (Phi) is 7.55. The number of amides is 2. The van der Waals surface area contributed by atoms with E-state index >= 15 is 0 Å². The summed E-state index contributed by atoms with van der Waals surface area (Å²) < 4.78 is 38.7. The predicted molar refractivity (Wildman–Crippen MR) is 104 cm³/mol. The number of rotatable bonds is 6. The van der Waals surface area contributed by atoms with E-state index in [0.29, 0.717) is 4.57 Å². The number of carbonyl (C=O) groups is 2. The number of aliphatic hydroxyl groups is 3. The number of ether oxygens (including phenoxy) is 2. The van der Waals surface area contributed by atoms with E-state index in [4.69, 9.17) is 14.6 Å². The Morgan fingerprint density at radius 1 is 1.41 bits per heavy atom. The molecule has 14 heteroatoms. The molecule has 0 saturated carbocycles. The first-order valence-electron chi connectivity index (χ1n) is 9.57. The van der Waals surface area contributed by atoms with E-state index < -0.39 is 66.4 Å². The topological polar surface area (TPSA) is 172 Å². The minimum absolute atomic E-state index is 0.353. The van der Waals surface area contributed by atoms with Gasteiger partial charge in [-0.25, -0.2) is 9.59 Å². The van der Waals surface area contributed by atoms with Crippen LogP contribution in [0.5, 0.6) is 0 Å². The molecule has 2 heterocycles. The molecule has 1 saturated heterocycles. The summed E-state index contributed by atoms with van der Waals surface area (Å²) in [5, 5.41) is 32.8. The molecule has 0 bridgehead atoms. The molecule has 32 heavy (non-hydrogen) atoms. The molecule has 2 amide bonds. The number of alkyl halides is 2. The number of halogens is 2. The highest BCUT2D eigenvalue weighted by Crippen LogP contribution is 2.41. The number of aromatic nitrogens is 2. The molecule has 0 unspecified atom stereocenters. The van der Waals surface area contributed by atoms with Crippen molar-refractivity contribution in [3.05, 3.63) is 22.7 Å². The van der Waals surface area contributed by atoms with Crippen molar-refractivity contribution >= 4 is 17.8 Å². The Morgan fingerprint density at radius 3 is 2.50 bits per heavy atom. The highest BCUT2D eigenvalue weighted by molar-refractivity contribution is 5.96. The smallest absolute Gasteiger partial charge is 0.408 e. The second-order valence-corrected chi connectivity index (χ2v) is 8.19. The van der Waals surface area contributed by atoms with Crippen LogP contribution in [-0.4, -0.2) is 79.4 Å². The largest absolute Gasteiger partial charge is 0.444 e. The van der Waals surface area contributed by atoms with Crippen LogP contribution in [-0.2, 0) is 14.3 Å². The third kappa shape index (κ3) is 5.76. The summed E-state index contributed by atoms with van der Waals surface area (Å²) in [4.78, 5) is 40.1. The van der Waals surface area contributed by atoms with Gasteiger partial charge in [-0.05, 0) is 33.8 Å². The number of anilines is 1. The number of nitrogens with zero attached hydrogens (tertiary/aromatic N) is 2. The summed E-state index contributed by atoms with van der Waals surface area (Å²) >= 11 is 0. The van der Waals surface area contributed by atoms with Crippen LogP contribution >= 0.6 is 0 Å². The van der Waals surface area contributed by atoms with Gasteiger partial charge in [0.05, 0.1) is 12.7 Å². The monoisotopic (exact) mass is 464 g/mol. The van der Waals surface area contributed by atoms with Crippen LogP contribution < -0.4 is 16.3 Å². The lowest BCUT2D eigenvalue weighted by atomic mass is 10.1. The minimum atomic E-state index is -3.89. The number of hydrogen-bond donors (Lipinski definition) is 5. The summed E-state index contributed by atoms with van der Waals surface area (Å²) in [5.41, 5.74) is -2.10. The molecule has 1 aliphatic rings. The Bertz CT molecular complexity index is 902. The highest BCUT2D eigenvalue weighted by Gasteiger charge is 2.59. The van der Waals surface area contributed by atoms with Gasteiger partial charge in [0.15, 0.2) is 6.10 Å². The van der Waals surface area contributed by atoms with Gasteiger partial charge < -0.3 is 35.4 Å². The van der Waals surface area contributed by atoms with Crippen LogP contribution in [0, 0.1) is 0 Å². The van der Waals surface area contributed by atoms with E-state index in [0.717, 1.165) is 12.3 Å². The van der Waals surface area contributed by atoms with Gasteiger partial charge in [-0.1, -0.05) is 0 Å². The Morgan fingerprint density at radius 2 is 2.03 bits per heavy atom. The third-order valence-corrected chi connectivity index (χ3v) is 4.33. The maximum Gasteiger partial charge on any atom is 0.408 e. The quantitative estimate of drug-likeness (QED) is 0.366. The lowest BCUT2D eigenvalue weighted by molar-refractivity contribution is -0.141. The first kappa shape index (κ1) is 25.6. The molecule has 5 N–H and O–H groups in total. The number of carbonyl (C=O) groups excluding carboxylic acids is 2. The van der Waals surface area contributed by atoms with E-state index in [9.17, 15) is 33.4 Å². The standard InChI is InChI=1S/C18H26F2N4O8/c1-8(26)11(23-16(30)32-17(2,3)4)13(28)21-10-5-6-24(15(29)22-10)14-18(19,20)12(27)9(7-25)31-14/h5-6,8-9,11-12,14,25-27H,7H2,1-4H3,(H,23,30)(H,21,22,28,29)/t8-,9+,11+,12+,14+/m0/s1. The van der Waals surface area contributed by atoms with Crippen LogP contribution in [0.4, 0.5) is 19.4 Å². The van der Waals surface area contributed by atoms with Crippen molar-refractivity contribution in [3.63, 3.8) is 0 Å². The average molecular weight is 464 g/mol. The van der Waals surface area contributed by atoms with E-state index in [1.165, 1.54) is 6.92 Å². The SMILES string of the molecule is C[C@H](O)[C@@H](NC(=O)OC(C)(C)C)C(=O)Nc1ccn([C@@H]2O[C@H](CO)[C@@H](O)C2(F)F)c(=O)n1. The van der Waals surface area contributed by atoms with E-state index in [2.05, 4.69) is 15.6 Å². The van der Waals surface area contributed by atoms with Crippen molar-refractivity contribution in [2.45, 2.75) is 69.8 Å². The lowest BCUT2D eigenvalue weighted by Gasteiger charge is -2.24. The summed E-state index contributed by atoms with van der Waals surface area (Å²) in [6.45, 7) is 5.14. The molecule has 0 radical (unpaired) electrons. The van der Waals surface area contributed by atoms with Gasteiger partial charge in [0.1, 0.15) is 23.6 Å². The number of aliphatic hydroxyl groups excluding tert-OH is 3. The first-order valence-corrected chi connectivity index (χ1v) is 9.57. The van der Waals surface area contributed by atoms with Crippen molar-refractivity contribution in [3.8, 4) is 0 Å². The fourth-order valence-corrected chi connectivity index (χ4v) is 2.82. The molecule has 2 rings (SSSR count). The number of nitrogens with one attached hydrogen (secondary N) is 2. The van der Waals surface area contributed by atoms with Crippen LogP contribution in [0.3, 0.4) is 0 Å². The van der Waals surface area contributed by atoms with Gasteiger partial charge in [0.25, 0.3) is 5.91 Å². The molecule has 0 aromatic carbocycles. The van der Waals surface area contributed by atoms with E-state index in [1.807, 2.05) is 0 Å². The third-order valence-electron chi connectivity index (χ3n) is 4.33. The molecular weight excluding hydrogens is 438 g/mol. The normalized spacial score (nSPS) is 24.5. The zero-order valence-corrected chi connectivity index (χ0v) is 17.8. The lowest BCUT2D eigenvalue weighted by Crippen LogP contribution is -2.51. The summed E-state index contributed by atoms with van der Waals surface area (Å²) in [5.74, 6) is -5.19. The van der Waals surface area contributed by atoms with Gasteiger partial charge in [-0.15, -0.1) is 0 Å². The van der Waals surface area contributed by atoms with Gasteiger partial charge >= 0.3 is 17.7 Å². The molecule has 12 nitrogen and oxygen atoms in total. The Balaban J connectivity index is 2.16. The molecule has 1 aromatic rings. The molecule has 180 valence electrons. The zero-order valence-electron chi connectivity index (χ0n) is 17.8. The highest BCUT2D eigenvalue weighted by atomic mass is 19.3. The Hall–Kier alpha value is -2.68. The van der Waals surface area contributed by atoms with Crippen molar-refractivity contribution in [1.82, 2.24) is 14.9 Å². The van der Waals surface area contributed by atoms with Gasteiger partial charge in [0.2, 0.25) is 6.23 Å². The van der Waals surface area contributed by atoms with E-state index in [1.54, 1.807) is 20.8 Å². The molecule has 5 atom stereocenters. The summed E-state index contributed by atoms with van der Waals surface area (Å²) in [6, 6.07) is -0.471. The molecule has 0 aliphatic carbocycles. The second kappa shape index (κ2) is 9.44. The van der Waals surface area contributed by atoms with Crippen LogP contribution in [0.25, 0.3) is 0 Å². The molecule has 1 aromatic heterocycles. The van der Waals surface area contributed by atoms with Crippen molar-refractivity contribution in [2.75, 3.05) is 11.9 Å². The van der Waals surface area contributed by atoms with Crippen molar-refractivity contribution in [2.24, 2.45) is 0 Å². The second-order valence-electron chi connectivity index (χ2n) is 8.19. The van der Waals surface area contributed by atoms with E-state index in [-0.39, 0.29) is 5.82 Å². The average Bonchev–Trinajstić information content (AvgIpc) is 2.87. The minimum Gasteiger partial charge on any atom is -0.444 e. The number of hydrogen-bond acceptors (Lipinski definition) is 9. The Labute approximate surface area is 181 Å². The van der Waals surface area contributed by atoms with Crippen LogP contribution in [0.15, 0.2) is 17.1 Å². The molecule has 1 fully saturated rings. The summed E-state index contributed by atoms with van der Waals surface area (Å²) in [7, 11) is 0. The maximum atomic E-state index is 14.2. The van der Waals surface area contributed by atoms with Gasteiger partial charge in [-0.2, -0.15) is 13.8 Å². The maximum absolute atomic E-state index is 14.2. The van der Waals surface area contributed by atoms with Gasteiger partial charge in [0, 0.05) is 6.20 Å². The van der Waals surface area contributed by atoms with Crippen LogP contribution in [0.1, 0.15) is 33.9 Å². The summed E-state index contributed by atoms with van der Waals surface area (Å²) in [6.07, 6.45) is -7.64.